The van der Waals surface area contributed by atoms with Crippen LogP contribution in [0.4, 0.5) is 11.5 Å². The third kappa shape index (κ3) is 4.05. The first-order chi connectivity index (χ1) is 10.2. The van der Waals surface area contributed by atoms with Crippen molar-refractivity contribution >= 4 is 17.4 Å². The Morgan fingerprint density at radius 3 is 2.81 bits per heavy atom. The van der Waals surface area contributed by atoms with Gasteiger partial charge in [-0.15, -0.1) is 0 Å². The molecule has 0 bridgehead atoms. The van der Waals surface area contributed by atoms with Gasteiger partial charge in [-0.1, -0.05) is 26.0 Å². The van der Waals surface area contributed by atoms with E-state index in [0.717, 1.165) is 25.1 Å². The van der Waals surface area contributed by atoms with Gasteiger partial charge in [-0.05, 0) is 42.7 Å². The fourth-order valence-electron chi connectivity index (χ4n) is 2.04. The largest absolute Gasteiger partial charge is 0.369 e. The predicted octanol–water partition coefficient (Wildman–Crippen LogP) is 3.72. The standard InChI is InChI=1S/C17H21N3O/c1-3-10-18-16-15(9-6-11-19-16)17(21)20-14-8-5-7-13(4-2)12-14/h5-9,11-12H,3-4,10H2,1-2H3,(H,18,19)(H,20,21). The minimum atomic E-state index is -0.144. The third-order valence-corrected chi connectivity index (χ3v) is 3.19. The Labute approximate surface area is 125 Å². The van der Waals surface area contributed by atoms with Gasteiger partial charge in [0.1, 0.15) is 5.82 Å². The average Bonchev–Trinajstić information content (AvgIpc) is 2.53. The van der Waals surface area contributed by atoms with Gasteiger partial charge in [-0.25, -0.2) is 4.98 Å². The van der Waals surface area contributed by atoms with Crippen LogP contribution in [0.25, 0.3) is 0 Å². The lowest BCUT2D eigenvalue weighted by molar-refractivity contribution is 0.102. The van der Waals surface area contributed by atoms with Crippen molar-refractivity contribution in [2.75, 3.05) is 17.2 Å². The molecule has 2 rings (SSSR count). The van der Waals surface area contributed by atoms with Crippen molar-refractivity contribution in [2.24, 2.45) is 0 Å². The van der Waals surface area contributed by atoms with Gasteiger partial charge in [0.15, 0.2) is 0 Å². The monoisotopic (exact) mass is 283 g/mol. The molecule has 2 N–H and O–H groups in total. The first-order valence-electron chi connectivity index (χ1n) is 7.33. The molecule has 1 amide bonds. The fourth-order valence-corrected chi connectivity index (χ4v) is 2.04. The zero-order chi connectivity index (χ0) is 15.1. The summed E-state index contributed by atoms with van der Waals surface area (Å²) in [6.45, 7) is 4.96. The zero-order valence-electron chi connectivity index (χ0n) is 12.5. The molecule has 4 heteroatoms. The molecule has 21 heavy (non-hydrogen) atoms. The van der Waals surface area contributed by atoms with E-state index >= 15 is 0 Å². The molecule has 0 saturated heterocycles. The van der Waals surface area contributed by atoms with Crippen LogP contribution in [0.1, 0.15) is 36.2 Å². The van der Waals surface area contributed by atoms with Crippen LogP contribution in [0, 0.1) is 0 Å². The first kappa shape index (κ1) is 15.0. The number of carbonyl (C=O) groups excluding carboxylic acids is 1. The molecule has 0 atom stereocenters. The second-order valence-electron chi connectivity index (χ2n) is 4.83. The molecule has 0 aliphatic carbocycles. The maximum absolute atomic E-state index is 12.4. The second-order valence-corrected chi connectivity index (χ2v) is 4.83. The smallest absolute Gasteiger partial charge is 0.259 e. The molecule has 0 saturated carbocycles. The molecule has 0 aliphatic rings. The molecular weight excluding hydrogens is 262 g/mol. The quantitative estimate of drug-likeness (QED) is 0.849. The van der Waals surface area contributed by atoms with Gasteiger partial charge < -0.3 is 10.6 Å². The fraction of sp³-hybridized carbons (Fsp3) is 0.294. The highest BCUT2D eigenvalue weighted by Gasteiger charge is 2.12. The molecule has 1 heterocycles. The van der Waals surface area contributed by atoms with E-state index in [9.17, 15) is 4.79 Å². The molecule has 110 valence electrons. The lowest BCUT2D eigenvalue weighted by atomic mass is 10.1. The topological polar surface area (TPSA) is 54.0 Å². The van der Waals surface area contributed by atoms with Gasteiger partial charge in [-0.2, -0.15) is 0 Å². The van der Waals surface area contributed by atoms with Crippen LogP contribution in [-0.4, -0.2) is 17.4 Å². The van der Waals surface area contributed by atoms with Crippen LogP contribution in [0.3, 0.4) is 0 Å². The highest BCUT2D eigenvalue weighted by atomic mass is 16.1. The average molecular weight is 283 g/mol. The van der Waals surface area contributed by atoms with Crippen molar-refractivity contribution in [3.8, 4) is 0 Å². The lowest BCUT2D eigenvalue weighted by Crippen LogP contribution is -2.16. The van der Waals surface area contributed by atoms with Crippen molar-refractivity contribution in [3.63, 3.8) is 0 Å². The van der Waals surface area contributed by atoms with Crippen LogP contribution in [0.2, 0.25) is 0 Å². The number of carbonyl (C=O) groups is 1. The molecule has 4 nitrogen and oxygen atoms in total. The normalized spacial score (nSPS) is 10.2. The van der Waals surface area contributed by atoms with Crippen LogP contribution in [-0.2, 0) is 6.42 Å². The minimum absolute atomic E-state index is 0.144. The summed E-state index contributed by atoms with van der Waals surface area (Å²) >= 11 is 0. The molecule has 0 unspecified atom stereocenters. The van der Waals surface area contributed by atoms with E-state index in [0.29, 0.717) is 11.4 Å². The number of nitrogens with zero attached hydrogens (tertiary/aromatic N) is 1. The number of hydrogen-bond acceptors (Lipinski definition) is 3. The Morgan fingerprint density at radius 1 is 1.19 bits per heavy atom. The maximum Gasteiger partial charge on any atom is 0.259 e. The third-order valence-electron chi connectivity index (χ3n) is 3.19. The number of pyridine rings is 1. The molecular formula is C17H21N3O. The van der Waals surface area contributed by atoms with Crippen molar-refractivity contribution in [1.29, 1.82) is 0 Å². The van der Waals surface area contributed by atoms with Gasteiger partial charge in [0, 0.05) is 18.4 Å². The van der Waals surface area contributed by atoms with E-state index in [1.165, 1.54) is 5.56 Å². The molecule has 1 aromatic heterocycles. The maximum atomic E-state index is 12.4. The number of aromatic nitrogens is 1. The molecule has 0 spiro atoms. The first-order valence-corrected chi connectivity index (χ1v) is 7.33. The summed E-state index contributed by atoms with van der Waals surface area (Å²) in [4.78, 5) is 16.6. The van der Waals surface area contributed by atoms with Crippen LogP contribution in [0.5, 0.6) is 0 Å². The van der Waals surface area contributed by atoms with E-state index in [2.05, 4.69) is 29.5 Å². The van der Waals surface area contributed by atoms with Crippen molar-refractivity contribution in [1.82, 2.24) is 4.98 Å². The summed E-state index contributed by atoms with van der Waals surface area (Å²) in [5.74, 6) is 0.485. The number of hydrogen-bond donors (Lipinski definition) is 2. The summed E-state index contributed by atoms with van der Waals surface area (Å²) in [6, 6.07) is 11.4. The number of nitrogens with one attached hydrogen (secondary N) is 2. The molecule has 1 aromatic carbocycles. The van der Waals surface area contributed by atoms with E-state index in [4.69, 9.17) is 0 Å². The molecule has 0 fully saturated rings. The number of amides is 1. The summed E-state index contributed by atoms with van der Waals surface area (Å²) in [6.07, 6.45) is 3.61. The van der Waals surface area contributed by atoms with E-state index in [1.807, 2.05) is 24.3 Å². The van der Waals surface area contributed by atoms with E-state index in [-0.39, 0.29) is 5.91 Å². The Balaban J connectivity index is 2.16. The van der Waals surface area contributed by atoms with Crippen LogP contribution < -0.4 is 10.6 Å². The Bertz CT molecular complexity index is 610. The van der Waals surface area contributed by atoms with E-state index < -0.39 is 0 Å². The minimum Gasteiger partial charge on any atom is -0.369 e. The van der Waals surface area contributed by atoms with Crippen molar-refractivity contribution in [2.45, 2.75) is 26.7 Å². The highest BCUT2D eigenvalue weighted by molar-refractivity contribution is 6.07. The SMILES string of the molecule is CCCNc1ncccc1C(=O)Nc1cccc(CC)c1. The summed E-state index contributed by atoms with van der Waals surface area (Å²) < 4.78 is 0. The number of anilines is 2. The lowest BCUT2D eigenvalue weighted by Gasteiger charge is -2.11. The highest BCUT2D eigenvalue weighted by Crippen LogP contribution is 2.16. The molecule has 0 radical (unpaired) electrons. The van der Waals surface area contributed by atoms with Crippen LogP contribution in [0.15, 0.2) is 42.6 Å². The zero-order valence-corrected chi connectivity index (χ0v) is 12.5. The molecule has 0 aliphatic heterocycles. The number of rotatable bonds is 6. The number of aryl methyl sites for hydroxylation is 1. The van der Waals surface area contributed by atoms with E-state index in [1.54, 1.807) is 18.3 Å². The van der Waals surface area contributed by atoms with Crippen LogP contribution >= 0.6 is 0 Å². The number of benzene rings is 1. The van der Waals surface area contributed by atoms with Gasteiger partial charge in [0.25, 0.3) is 5.91 Å². The summed E-state index contributed by atoms with van der Waals surface area (Å²) in [7, 11) is 0. The molecule has 2 aromatic rings. The van der Waals surface area contributed by atoms with Gasteiger partial charge in [0.2, 0.25) is 0 Å². The Kier molecular flexibility index (Phi) is 5.32. The Hall–Kier alpha value is -2.36. The van der Waals surface area contributed by atoms with Crippen molar-refractivity contribution < 1.29 is 4.79 Å². The van der Waals surface area contributed by atoms with Gasteiger partial charge in [-0.3, -0.25) is 4.79 Å². The van der Waals surface area contributed by atoms with Gasteiger partial charge in [0.05, 0.1) is 5.56 Å². The Morgan fingerprint density at radius 2 is 2.05 bits per heavy atom. The second kappa shape index (κ2) is 7.43. The summed E-state index contributed by atoms with van der Waals surface area (Å²) in [5.41, 5.74) is 2.57. The van der Waals surface area contributed by atoms with Gasteiger partial charge >= 0.3 is 0 Å². The summed E-state index contributed by atoms with van der Waals surface area (Å²) in [5, 5.41) is 6.11. The predicted molar refractivity (Wildman–Crippen MR) is 86.8 cm³/mol. The van der Waals surface area contributed by atoms with Crippen molar-refractivity contribution in [3.05, 3.63) is 53.7 Å².